The summed E-state index contributed by atoms with van der Waals surface area (Å²) in [5.41, 5.74) is 6.63. The molecule has 1 aliphatic heterocycles. The van der Waals surface area contributed by atoms with Crippen molar-refractivity contribution in [3.05, 3.63) is 52.8 Å². The SMILES string of the molecule is Cc1[nH]c2c(N3CCc4ccccc4C3C3CC3)nncc2c1C.Cl. The molecule has 25 heavy (non-hydrogen) atoms. The number of nitrogens with one attached hydrogen (secondary N) is 1. The van der Waals surface area contributed by atoms with Crippen LogP contribution in [0.4, 0.5) is 5.82 Å². The van der Waals surface area contributed by atoms with Gasteiger partial charge in [-0.15, -0.1) is 17.5 Å². The molecule has 1 fully saturated rings. The molecule has 0 bridgehead atoms. The number of hydrogen-bond acceptors (Lipinski definition) is 3. The molecule has 0 saturated heterocycles. The summed E-state index contributed by atoms with van der Waals surface area (Å²) in [6.45, 7) is 5.30. The van der Waals surface area contributed by atoms with Crippen molar-refractivity contribution in [2.45, 2.75) is 39.2 Å². The highest BCUT2D eigenvalue weighted by Gasteiger charge is 2.40. The molecule has 3 aromatic rings. The molecule has 4 nitrogen and oxygen atoms in total. The van der Waals surface area contributed by atoms with E-state index in [2.05, 4.69) is 58.2 Å². The third-order valence-corrected chi connectivity index (χ3v) is 5.78. The highest BCUT2D eigenvalue weighted by molar-refractivity contribution is 5.92. The Morgan fingerprint density at radius 1 is 1.16 bits per heavy atom. The zero-order valence-corrected chi connectivity index (χ0v) is 15.4. The van der Waals surface area contributed by atoms with Crippen LogP contribution in [0.2, 0.25) is 0 Å². The van der Waals surface area contributed by atoms with Gasteiger partial charge in [0.1, 0.15) is 0 Å². The van der Waals surface area contributed by atoms with E-state index in [9.17, 15) is 0 Å². The maximum absolute atomic E-state index is 4.56. The zero-order valence-electron chi connectivity index (χ0n) is 14.6. The van der Waals surface area contributed by atoms with E-state index in [1.165, 1.54) is 40.6 Å². The number of rotatable bonds is 2. The number of anilines is 1. The monoisotopic (exact) mass is 354 g/mol. The molecule has 1 saturated carbocycles. The van der Waals surface area contributed by atoms with Crippen LogP contribution in [-0.2, 0) is 6.42 Å². The molecule has 3 heterocycles. The number of aromatic amines is 1. The van der Waals surface area contributed by atoms with Gasteiger partial charge in [0.25, 0.3) is 0 Å². The lowest BCUT2D eigenvalue weighted by Crippen LogP contribution is -2.37. The highest BCUT2D eigenvalue weighted by atomic mass is 35.5. The molecule has 1 aromatic carbocycles. The first-order valence-electron chi connectivity index (χ1n) is 8.89. The summed E-state index contributed by atoms with van der Waals surface area (Å²) in [4.78, 5) is 6.06. The van der Waals surface area contributed by atoms with Gasteiger partial charge in [-0.05, 0) is 55.7 Å². The van der Waals surface area contributed by atoms with Crippen molar-refractivity contribution in [3.8, 4) is 0 Å². The Kier molecular flexibility index (Phi) is 3.95. The van der Waals surface area contributed by atoms with Crippen LogP contribution in [-0.4, -0.2) is 21.7 Å². The summed E-state index contributed by atoms with van der Waals surface area (Å²) < 4.78 is 0. The molecular weight excluding hydrogens is 332 g/mol. The normalized spacial score (nSPS) is 19.6. The number of fused-ring (bicyclic) bond motifs is 2. The molecule has 0 radical (unpaired) electrons. The summed E-state index contributed by atoms with van der Waals surface area (Å²) in [5.74, 6) is 1.77. The standard InChI is InChI=1S/C20H22N4.ClH/c1-12-13(2)22-18-17(12)11-21-23-20(18)24-10-9-14-5-3-4-6-16(14)19(24)15-7-8-15;/h3-6,11,15,19,22H,7-10H2,1-2H3;1H. The third-order valence-electron chi connectivity index (χ3n) is 5.78. The Morgan fingerprint density at radius 2 is 1.96 bits per heavy atom. The van der Waals surface area contributed by atoms with Crippen LogP contribution in [0.3, 0.4) is 0 Å². The second-order valence-electron chi connectivity index (χ2n) is 7.26. The van der Waals surface area contributed by atoms with E-state index in [0.717, 1.165) is 30.2 Å². The van der Waals surface area contributed by atoms with Crippen molar-refractivity contribution < 1.29 is 0 Å². The Hall–Kier alpha value is -2.07. The van der Waals surface area contributed by atoms with Crippen LogP contribution in [0.15, 0.2) is 30.5 Å². The van der Waals surface area contributed by atoms with E-state index in [1.807, 2.05) is 6.20 Å². The Labute approximate surface area is 154 Å². The van der Waals surface area contributed by atoms with Crippen LogP contribution in [0.25, 0.3) is 10.9 Å². The van der Waals surface area contributed by atoms with Crippen molar-refractivity contribution >= 4 is 29.1 Å². The van der Waals surface area contributed by atoms with Gasteiger partial charge in [0.15, 0.2) is 5.82 Å². The van der Waals surface area contributed by atoms with E-state index in [4.69, 9.17) is 0 Å². The molecule has 1 aliphatic carbocycles. The number of aromatic nitrogens is 3. The Bertz CT molecular complexity index is 929. The fourth-order valence-electron chi connectivity index (χ4n) is 4.22. The minimum atomic E-state index is 0. The molecule has 2 aliphatic rings. The summed E-state index contributed by atoms with van der Waals surface area (Å²) in [6.07, 6.45) is 5.61. The quantitative estimate of drug-likeness (QED) is 0.736. The van der Waals surface area contributed by atoms with Crippen LogP contribution < -0.4 is 4.90 Å². The van der Waals surface area contributed by atoms with Gasteiger partial charge in [0, 0.05) is 17.6 Å². The lowest BCUT2D eigenvalue weighted by molar-refractivity contribution is 0.522. The molecule has 0 spiro atoms. The molecule has 1 unspecified atom stereocenters. The molecule has 5 rings (SSSR count). The number of hydrogen-bond donors (Lipinski definition) is 1. The first kappa shape index (κ1) is 16.4. The van der Waals surface area contributed by atoms with E-state index in [1.54, 1.807) is 0 Å². The number of H-pyrrole nitrogens is 1. The second kappa shape index (κ2) is 6.03. The minimum Gasteiger partial charge on any atom is -0.355 e. The molecule has 5 heteroatoms. The van der Waals surface area contributed by atoms with Crippen molar-refractivity contribution in [3.63, 3.8) is 0 Å². The van der Waals surface area contributed by atoms with Crippen molar-refractivity contribution in [1.29, 1.82) is 0 Å². The molecule has 0 amide bonds. The summed E-state index contributed by atoms with van der Waals surface area (Å²) in [7, 11) is 0. The zero-order chi connectivity index (χ0) is 16.3. The maximum atomic E-state index is 4.56. The van der Waals surface area contributed by atoms with Gasteiger partial charge in [-0.1, -0.05) is 24.3 Å². The molecule has 1 N–H and O–H groups in total. The van der Waals surface area contributed by atoms with Crippen molar-refractivity contribution in [2.75, 3.05) is 11.4 Å². The van der Waals surface area contributed by atoms with Crippen LogP contribution in [0.5, 0.6) is 0 Å². The lowest BCUT2D eigenvalue weighted by Gasteiger charge is -2.38. The van der Waals surface area contributed by atoms with Gasteiger partial charge in [-0.3, -0.25) is 0 Å². The fraction of sp³-hybridized carbons (Fsp3) is 0.400. The number of halogens is 1. The summed E-state index contributed by atoms with van der Waals surface area (Å²) >= 11 is 0. The average Bonchev–Trinajstić information content (AvgIpc) is 3.40. The summed E-state index contributed by atoms with van der Waals surface area (Å²) in [6, 6.07) is 9.38. The molecular formula is C20H23ClN4. The Morgan fingerprint density at radius 3 is 2.76 bits per heavy atom. The minimum absolute atomic E-state index is 0. The lowest BCUT2D eigenvalue weighted by atomic mass is 9.89. The van der Waals surface area contributed by atoms with Crippen LogP contribution in [0.1, 0.15) is 41.3 Å². The largest absolute Gasteiger partial charge is 0.355 e. The van der Waals surface area contributed by atoms with Crippen molar-refractivity contribution in [2.24, 2.45) is 5.92 Å². The predicted molar refractivity (Wildman–Crippen MR) is 104 cm³/mol. The molecule has 2 aromatic heterocycles. The van der Waals surface area contributed by atoms with E-state index < -0.39 is 0 Å². The van der Waals surface area contributed by atoms with Gasteiger partial charge in [-0.2, -0.15) is 5.10 Å². The molecule has 130 valence electrons. The number of aryl methyl sites for hydroxylation is 2. The van der Waals surface area contributed by atoms with E-state index in [-0.39, 0.29) is 12.4 Å². The molecule has 1 atom stereocenters. The second-order valence-corrected chi connectivity index (χ2v) is 7.26. The van der Waals surface area contributed by atoms with Crippen molar-refractivity contribution in [1.82, 2.24) is 15.2 Å². The smallest absolute Gasteiger partial charge is 0.176 e. The maximum Gasteiger partial charge on any atom is 0.176 e. The van der Waals surface area contributed by atoms with Gasteiger partial charge in [0.2, 0.25) is 0 Å². The fourth-order valence-corrected chi connectivity index (χ4v) is 4.22. The number of nitrogens with zero attached hydrogens (tertiary/aromatic N) is 3. The number of benzene rings is 1. The van der Waals surface area contributed by atoms with E-state index >= 15 is 0 Å². The van der Waals surface area contributed by atoms with Crippen LogP contribution >= 0.6 is 12.4 Å². The van der Waals surface area contributed by atoms with Gasteiger partial charge < -0.3 is 9.88 Å². The van der Waals surface area contributed by atoms with Gasteiger partial charge >= 0.3 is 0 Å². The highest BCUT2D eigenvalue weighted by Crippen LogP contribution is 2.49. The summed E-state index contributed by atoms with van der Waals surface area (Å²) in [5, 5.41) is 10.1. The Balaban J connectivity index is 0.00000157. The topological polar surface area (TPSA) is 44.8 Å². The first-order chi connectivity index (χ1) is 11.7. The van der Waals surface area contributed by atoms with Crippen LogP contribution in [0, 0.1) is 19.8 Å². The van der Waals surface area contributed by atoms with E-state index in [0.29, 0.717) is 6.04 Å². The first-order valence-corrected chi connectivity index (χ1v) is 8.89. The van der Waals surface area contributed by atoms with Gasteiger partial charge in [-0.25, -0.2) is 0 Å². The third kappa shape index (κ3) is 2.51. The predicted octanol–water partition coefficient (Wildman–Crippen LogP) is 4.51. The average molecular weight is 355 g/mol. The van der Waals surface area contributed by atoms with Gasteiger partial charge in [0.05, 0.1) is 17.8 Å².